The Hall–Kier alpha value is -1.73. The summed E-state index contributed by atoms with van der Waals surface area (Å²) in [6.07, 6.45) is 0. The molecule has 2 N–H and O–H groups in total. The van der Waals surface area contributed by atoms with Crippen molar-refractivity contribution >= 4 is 23.0 Å². The maximum Gasteiger partial charge on any atom is 0.158 e. The van der Waals surface area contributed by atoms with Gasteiger partial charge in [0, 0.05) is 30.8 Å². The topological polar surface area (TPSA) is 72.0 Å². The first-order valence-electron chi connectivity index (χ1n) is 6.91. The third-order valence-corrected chi connectivity index (χ3v) is 3.92. The number of ether oxygens (including phenoxy) is 1. The van der Waals surface area contributed by atoms with Gasteiger partial charge in [-0.1, -0.05) is 0 Å². The Bertz CT molecular complexity index is 562. The lowest BCUT2D eigenvalue weighted by Gasteiger charge is -2.14. The molecular weight excluding hydrogens is 286 g/mol. The van der Waals surface area contributed by atoms with Gasteiger partial charge < -0.3 is 15.4 Å². The van der Waals surface area contributed by atoms with Crippen molar-refractivity contribution in [3.8, 4) is 0 Å². The molecule has 0 aliphatic carbocycles. The fourth-order valence-corrected chi connectivity index (χ4v) is 2.69. The van der Waals surface area contributed by atoms with Gasteiger partial charge in [0.15, 0.2) is 5.82 Å². The second kappa shape index (κ2) is 7.33. The minimum absolute atomic E-state index is 0.100. The number of nitrogens with zero attached hydrogens (tertiary/aromatic N) is 3. The Morgan fingerprint density at radius 2 is 2.05 bits per heavy atom. The van der Waals surface area contributed by atoms with E-state index in [0.29, 0.717) is 12.4 Å². The molecule has 0 amide bonds. The third kappa shape index (κ3) is 4.37. The maximum absolute atomic E-state index is 5.12. The van der Waals surface area contributed by atoms with Crippen LogP contribution in [0.2, 0.25) is 0 Å². The van der Waals surface area contributed by atoms with Gasteiger partial charge >= 0.3 is 0 Å². The summed E-state index contributed by atoms with van der Waals surface area (Å²) in [4.78, 5) is 13.4. The fourth-order valence-electron chi connectivity index (χ4n) is 1.89. The number of methoxy groups -OCH3 is 1. The van der Waals surface area contributed by atoms with Crippen LogP contribution in [0.4, 0.5) is 11.6 Å². The van der Waals surface area contributed by atoms with Crippen molar-refractivity contribution in [1.82, 2.24) is 15.0 Å². The predicted octanol–water partition coefficient (Wildman–Crippen LogP) is 2.99. The van der Waals surface area contributed by atoms with E-state index < -0.39 is 0 Å². The fraction of sp³-hybridized carbons (Fsp3) is 0.500. The van der Waals surface area contributed by atoms with Gasteiger partial charge in [0.25, 0.3) is 0 Å². The monoisotopic (exact) mass is 307 g/mol. The first-order valence-corrected chi connectivity index (χ1v) is 7.79. The van der Waals surface area contributed by atoms with E-state index in [4.69, 9.17) is 4.74 Å². The zero-order chi connectivity index (χ0) is 15.2. The van der Waals surface area contributed by atoms with Crippen molar-refractivity contribution in [3.63, 3.8) is 0 Å². The molecule has 0 saturated heterocycles. The van der Waals surface area contributed by atoms with E-state index in [-0.39, 0.29) is 6.04 Å². The third-order valence-electron chi connectivity index (χ3n) is 2.78. The lowest BCUT2D eigenvalue weighted by molar-refractivity contribution is 0.178. The zero-order valence-corrected chi connectivity index (χ0v) is 13.6. The zero-order valence-electron chi connectivity index (χ0n) is 12.8. The van der Waals surface area contributed by atoms with Gasteiger partial charge in [-0.3, -0.25) is 0 Å². The number of aromatic nitrogens is 3. The van der Waals surface area contributed by atoms with Crippen molar-refractivity contribution in [2.75, 3.05) is 24.3 Å². The smallest absolute Gasteiger partial charge is 0.158 e. The van der Waals surface area contributed by atoms with Crippen LogP contribution in [-0.2, 0) is 11.3 Å². The van der Waals surface area contributed by atoms with E-state index in [1.165, 1.54) is 0 Å². The number of nitrogens with one attached hydrogen (secondary N) is 2. The van der Waals surface area contributed by atoms with E-state index in [1.54, 1.807) is 18.4 Å². The Balaban J connectivity index is 2.17. The van der Waals surface area contributed by atoms with Gasteiger partial charge in [-0.15, -0.1) is 11.3 Å². The van der Waals surface area contributed by atoms with Crippen LogP contribution in [0.1, 0.15) is 36.4 Å². The van der Waals surface area contributed by atoms with E-state index in [2.05, 4.69) is 32.5 Å². The highest BCUT2D eigenvalue weighted by Crippen LogP contribution is 2.22. The van der Waals surface area contributed by atoms with Crippen LogP contribution in [0.15, 0.2) is 11.4 Å². The molecule has 1 atom stereocenters. The van der Waals surface area contributed by atoms with Gasteiger partial charge in [0.2, 0.25) is 0 Å². The molecule has 0 bridgehead atoms. The highest BCUT2D eigenvalue weighted by atomic mass is 32.1. The standard InChI is InChI=1S/C14H21N5OS/c1-5-15-11-6-12(19-13(18-11)7-20-4)17-10(3)14-16-9(2)8-21-14/h6,8,10H,5,7H2,1-4H3,(H2,15,17,18,19). The van der Waals surface area contributed by atoms with Crippen molar-refractivity contribution in [2.45, 2.75) is 33.4 Å². The number of rotatable bonds is 7. The normalized spacial score (nSPS) is 12.2. The molecule has 2 heterocycles. The van der Waals surface area contributed by atoms with Crippen LogP contribution < -0.4 is 10.6 Å². The molecule has 0 aliphatic rings. The summed E-state index contributed by atoms with van der Waals surface area (Å²) in [5, 5.41) is 9.67. The quantitative estimate of drug-likeness (QED) is 0.819. The van der Waals surface area contributed by atoms with E-state index in [9.17, 15) is 0 Å². The molecule has 1 unspecified atom stereocenters. The van der Waals surface area contributed by atoms with Crippen LogP contribution in [0.5, 0.6) is 0 Å². The highest BCUT2D eigenvalue weighted by Gasteiger charge is 2.11. The Morgan fingerprint density at radius 1 is 1.29 bits per heavy atom. The average molecular weight is 307 g/mol. The molecule has 7 heteroatoms. The molecule has 2 aromatic rings. The van der Waals surface area contributed by atoms with Gasteiger partial charge in [-0.2, -0.15) is 0 Å². The summed E-state index contributed by atoms with van der Waals surface area (Å²) in [6, 6.07) is 2.00. The first kappa shape index (κ1) is 15.7. The van der Waals surface area contributed by atoms with E-state index in [1.807, 2.05) is 25.3 Å². The number of hydrogen-bond donors (Lipinski definition) is 2. The summed E-state index contributed by atoms with van der Waals surface area (Å²) in [6.45, 7) is 7.30. The van der Waals surface area contributed by atoms with Crippen LogP contribution >= 0.6 is 11.3 Å². The molecule has 0 aliphatic heterocycles. The molecule has 2 aromatic heterocycles. The predicted molar refractivity (Wildman–Crippen MR) is 85.8 cm³/mol. The summed E-state index contributed by atoms with van der Waals surface area (Å²) >= 11 is 1.65. The number of aryl methyl sites for hydroxylation is 1. The molecule has 0 spiro atoms. The number of hydrogen-bond acceptors (Lipinski definition) is 7. The molecular formula is C14H21N5OS. The lowest BCUT2D eigenvalue weighted by atomic mass is 10.3. The molecule has 0 aromatic carbocycles. The molecule has 114 valence electrons. The molecule has 21 heavy (non-hydrogen) atoms. The summed E-state index contributed by atoms with van der Waals surface area (Å²) in [5.41, 5.74) is 1.04. The van der Waals surface area contributed by atoms with Crippen molar-refractivity contribution in [2.24, 2.45) is 0 Å². The van der Waals surface area contributed by atoms with Gasteiger partial charge in [-0.25, -0.2) is 15.0 Å². The van der Waals surface area contributed by atoms with Crippen LogP contribution in [0.3, 0.4) is 0 Å². The molecule has 6 nitrogen and oxygen atoms in total. The van der Waals surface area contributed by atoms with E-state index in [0.717, 1.165) is 28.9 Å². The van der Waals surface area contributed by atoms with E-state index >= 15 is 0 Å². The Labute approximate surface area is 129 Å². The Kier molecular flexibility index (Phi) is 5.46. The lowest BCUT2D eigenvalue weighted by Crippen LogP contribution is -2.11. The van der Waals surface area contributed by atoms with Crippen LogP contribution in [0, 0.1) is 6.92 Å². The van der Waals surface area contributed by atoms with Gasteiger partial charge in [-0.05, 0) is 20.8 Å². The minimum atomic E-state index is 0.100. The van der Waals surface area contributed by atoms with Crippen molar-refractivity contribution < 1.29 is 4.74 Å². The summed E-state index contributed by atoms with van der Waals surface area (Å²) in [7, 11) is 1.64. The minimum Gasteiger partial charge on any atom is -0.377 e. The molecule has 0 fully saturated rings. The molecule has 0 saturated carbocycles. The van der Waals surface area contributed by atoms with Crippen LogP contribution in [0.25, 0.3) is 0 Å². The molecule has 0 radical (unpaired) electrons. The van der Waals surface area contributed by atoms with Gasteiger partial charge in [0.1, 0.15) is 23.3 Å². The Morgan fingerprint density at radius 3 is 2.67 bits per heavy atom. The number of anilines is 2. The average Bonchev–Trinajstić information content (AvgIpc) is 2.86. The largest absolute Gasteiger partial charge is 0.377 e. The number of thiazole rings is 1. The van der Waals surface area contributed by atoms with Gasteiger partial charge in [0.05, 0.1) is 6.04 Å². The molecule has 2 rings (SSSR count). The maximum atomic E-state index is 5.12. The summed E-state index contributed by atoms with van der Waals surface area (Å²) in [5.74, 6) is 2.22. The second-order valence-electron chi connectivity index (χ2n) is 4.71. The SMILES string of the molecule is CCNc1cc(NC(C)c2nc(C)cs2)nc(COC)n1. The van der Waals surface area contributed by atoms with Crippen molar-refractivity contribution in [1.29, 1.82) is 0 Å². The first-order chi connectivity index (χ1) is 10.1. The second-order valence-corrected chi connectivity index (χ2v) is 5.60. The summed E-state index contributed by atoms with van der Waals surface area (Å²) < 4.78 is 5.12. The van der Waals surface area contributed by atoms with Crippen LogP contribution in [-0.4, -0.2) is 28.6 Å². The van der Waals surface area contributed by atoms with Crippen molar-refractivity contribution in [3.05, 3.63) is 28.0 Å². The highest BCUT2D eigenvalue weighted by molar-refractivity contribution is 7.09.